The molecule has 0 saturated heterocycles. The zero-order chi connectivity index (χ0) is 19.1. The Labute approximate surface area is 153 Å². The minimum absolute atomic E-state index is 0.188. The first-order valence-corrected chi connectivity index (χ1v) is 9.96. The molecule has 0 spiro atoms. The summed E-state index contributed by atoms with van der Waals surface area (Å²) < 4.78 is 22.6. The minimum Gasteiger partial charge on any atom is -0.359 e. The zero-order valence-corrected chi connectivity index (χ0v) is 16.5. The van der Waals surface area contributed by atoms with Crippen LogP contribution in [0.1, 0.15) is 35.0 Å². The predicted octanol–water partition coefficient (Wildman–Crippen LogP) is 3.80. The highest BCUT2D eigenvalue weighted by molar-refractivity contribution is 7.62. The second-order valence-corrected chi connectivity index (χ2v) is 8.47. The Morgan fingerprint density at radius 3 is 2.46 bits per heavy atom. The molecule has 0 aliphatic carbocycles. The van der Waals surface area contributed by atoms with Crippen LogP contribution in [0.4, 0.5) is 5.69 Å². The van der Waals surface area contributed by atoms with Crippen LogP contribution in [-0.2, 0) is 24.8 Å². The number of anilines is 1. The Bertz CT molecular complexity index is 951. The number of hydrogen-bond acceptors (Lipinski definition) is 4. The second-order valence-electron chi connectivity index (χ2n) is 6.23. The monoisotopic (exact) mass is 374 g/mol. The number of carbonyl (C=O) groups is 1. The van der Waals surface area contributed by atoms with Gasteiger partial charge in [-0.25, -0.2) is 0 Å². The molecule has 0 saturated carbocycles. The number of amides is 1. The molecule has 0 radical (unpaired) electrons. The summed E-state index contributed by atoms with van der Waals surface area (Å²) >= 11 is 0. The van der Waals surface area contributed by atoms with Crippen LogP contribution in [0.2, 0.25) is 0 Å². The molecule has 1 aromatic carbocycles. The molecule has 26 heavy (non-hydrogen) atoms. The van der Waals surface area contributed by atoms with E-state index in [0.717, 1.165) is 28.9 Å². The van der Waals surface area contributed by atoms with Crippen molar-refractivity contribution in [1.82, 2.24) is 4.98 Å². The lowest BCUT2D eigenvalue weighted by atomic mass is 10.0. The van der Waals surface area contributed by atoms with Gasteiger partial charge in [-0.05, 0) is 49.6 Å². The smallest absolute Gasteiger partial charge is 0.359 e. The summed E-state index contributed by atoms with van der Waals surface area (Å²) in [5.41, 5.74) is 6.41. The molecule has 3 rings (SSSR count). The number of fused-ring (bicyclic) bond motifs is 1. The second kappa shape index (κ2) is 6.88. The lowest BCUT2D eigenvalue weighted by Crippen LogP contribution is -2.09. The van der Waals surface area contributed by atoms with Crippen LogP contribution >= 0.6 is 7.60 Å². The molecule has 2 heterocycles. The van der Waals surface area contributed by atoms with Crippen LogP contribution < -0.4 is 10.6 Å². The molecule has 7 heteroatoms. The van der Waals surface area contributed by atoms with Gasteiger partial charge in [0.15, 0.2) is 0 Å². The summed E-state index contributed by atoms with van der Waals surface area (Å²) in [5.74, 6) is -0.188. The van der Waals surface area contributed by atoms with E-state index >= 15 is 0 Å². The van der Waals surface area contributed by atoms with Crippen LogP contribution in [0.3, 0.4) is 0 Å². The van der Waals surface area contributed by atoms with Crippen LogP contribution in [0, 0.1) is 13.8 Å². The van der Waals surface area contributed by atoms with E-state index in [1.54, 1.807) is 18.2 Å². The van der Waals surface area contributed by atoms with Crippen molar-refractivity contribution >= 4 is 36.1 Å². The first-order valence-electron chi connectivity index (χ1n) is 8.42. The van der Waals surface area contributed by atoms with Crippen molar-refractivity contribution in [2.45, 2.75) is 27.2 Å². The van der Waals surface area contributed by atoms with E-state index in [4.69, 9.17) is 9.05 Å². The first-order chi connectivity index (χ1) is 12.3. The minimum atomic E-state index is -3.36. The molecule has 0 fully saturated rings. The highest BCUT2D eigenvalue weighted by atomic mass is 31.2. The normalized spacial score (nSPS) is 15.4. The summed E-state index contributed by atoms with van der Waals surface area (Å²) in [6.45, 7) is 6.21. The number of aromatic nitrogens is 1. The molecule has 1 aromatic heterocycles. The van der Waals surface area contributed by atoms with Gasteiger partial charge < -0.3 is 19.3 Å². The van der Waals surface area contributed by atoms with Crippen molar-refractivity contribution in [2.75, 3.05) is 19.5 Å². The highest BCUT2D eigenvalue weighted by Crippen LogP contribution is 2.46. The molecule has 2 N–H and O–H groups in total. The summed E-state index contributed by atoms with van der Waals surface area (Å²) in [4.78, 5) is 15.8. The quantitative estimate of drug-likeness (QED) is 0.616. The molecule has 138 valence electrons. The van der Waals surface area contributed by atoms with Crippen molar-refractivity contribution in [3.05, 3.63) is 46.3 Å². The average Bonchev–Trinajstić information content (AvgIpc) is 3.09. The third-order valence-electron chi connectivity index (χ3n) is 4.86. The van der Waals surface area contributed by atoms with E-state index in [-0.39, 0.29) is 5.91 Å². The fourth-order valence-electron chi connectivity index (χ4n) is 3.42. The summed E-state index contributed by atoms with van der Waals surface area (Å²) in [7, 11) is -0.691. The Balaban J connectivity index is 2.07. The van der Waals surface area contributed by atoms with Gasteiger partial charge in [-0.3, -0.25) is 9.36 Å². The van der Waals surface area contributed by atoms with Gasteiger partial charge in [-0.2, -0.15) is 0 Å². The molecule has 0 unspecified atom stereocenters. The van der Waals surface area contributed by atoms with Crippen molar-refractivity contribution in [3.63, 3.8) is 0 Å². The molecule has 6 nitrogen and oxygen atoms in total. The Hall–Kier alpha value is -2.14. The SMILES string of the molecule is CCc1c(C)[nH]c(C=C2C(=O)Nc3cc(P(=O)(OC)OC)ccc32)c1C. The molecule has 2 aromatic rings. The molecule has 1 amide bonds. The standard InChI is InChI=1S/C19H23N2O4P/c1-6-14-11(2)17(20-12(14)3)10-16-15-8-7-13(26(23,24-4)25-5)9-18(15)21-19(16)22/h7-10,20H,6H2,1-5H3,(H,21,22). The summed E-state index contributed by atoms with van der Waals surface area (Å²) in [5, 5.41) is 3.24. The largest absolute Gasteiger partial charge is 0.360 e. The predicted molar refractivity (Wildman–Crippen MR) is 104 cm³/mol. The van der Waals surface area contributed by atoms with Crippen LogP contribution in [-0.4, -0.2) is 25.1 Å². The van der Waals surface area contributed by atoms with Gasteiger partial charge in [-0.1, -0.05) is 13.0 Å². The number of nitrogens with one attached hydrogen (secondary N) is 2. The fourth-order valence-corrected chi connectivity index (χ4v) is 4.53. The summed E-state index contributed by atoms with van der Waals surface area (Å²) in [6.07, 6.45) is 2.81. The van der Waals surface area contributed by atoms with Crippen molar-refractivity contribution in [2.24, 2.45) is 0 Å². The average molecular weight is 374 g/mol. The van der Waals surface area contributed by atoms with E-state index in [1.807, 2.05) is 13.0 Å². The zero-order valence-electron chi connectivity index (χ0n) is 15.6. The third kappa shape index (κ3) is 2.94. The van der Waals surface area contributed by atoms with Gasteiger partial charge in [-0.15, -0.1) is 0 Å². The number of aryl methyl sites for hydroxylation is 1. The fraction of sp³-hybridized carbons (Fsp3) is 0.316. The van der Waals surface area contributed by atoms with Gasteiger partial charge >= 0.3 is 7.60 Å². The van der Waals surface area contributed by atoms with Crippen molar-refractivity contribution in [1.29, 1.82) is 0 Å². The number of benzene rings is 1. The molecule has 0 atom stereocenters. The highest BCUT2D eigenvalue weighted by Gasteiger charge is 2.30. The van der Waals surface area contributed by atoms with Crippen LogP contribution in [0.15, 0.2) is 18.2 Å². The number of aromatic amines is 1. The number of carbonyl (C=O) groups excluding carboxylic acids is 1. The van der Waals surface area contributed by atoms with Gasteiger partial charge in [0.25, 0.3) is 5.91 Å². The lowest BCUT2D eigenvalue weighted by Gasteiger charge is -2.14. The van der Waals surface area contributed by atoms with Crippen molar-refractivity contribution < 1.29 is 18.4 Å². The van der Waals surface area contributed by atoms with Gasteiger partial charge in [0.05, 0.1) is 10.9 Å². The van der Waals surface area contributed by atoms with Crippen LogP contribution in [0.5, 0.6) is 0 Å². The number of H-pyrrole nitrogens is 1. The molecule has 1 aliphatic rings. The molecule has 0 bridgehead atoms. The van der Waals surface area contributed by atoms with E-state index in [2.05, 4.69) is 24.1 Å². The van der Waals surface area contributed by atoms with Crippen LogP contribution in [0.25, 0.3) is 11.6 Å². The Kier molecular flexibility index (Phi) is 4.93. The van der Waals surface area contributed by atoms with E-state index in [9.17, 15) is 9.36 Å². The van der Waals surface area contributed by atoms with Gasteiger partial charge in [0.1, 0.15) is 0 Å². The maximum atomic E-state index is 12.5. The number of rotatable bonds is 5. The number of hydrogen-bond donors (Lipinski definition) is 2. The lowest BCUT2D eigenvalue weighted by molar-refractivity contribution is -0.110. The van der Waals surface area contributed by atoms with Crippen molar-refractivity contribution in [3.8, 4) is 0 Å². The summed E-state index contributed by atoms with van der Waals surface area (Å²) in [6, 6.07) is 5.09. The topological polar surface area (TPSA) is 80.4 Å². The maximum absolute atomic E-state index is 12.5. The first kappa shape index (κ1) is 18.6. The molecule has 1 aliphatic heterocycles. The van der Waals surface area contributed by atoms with E-state index < -0.39 is 7.60 Å². The molecular weight excluding hydrogens is 351 g/mol. The van der Waals surface area contributed by atoms with E-state index in [0.29, 0.717) is 16.6 Å². The Morgan fingerprint density at radius 2 is 1.88 bits per heavy atom. The van der Waals surface area contributed by atoms with Gasteiger partial charge in [0.2, 0.25) is 0 Å². The Morgan fingerprint density at radius 1 is 1.19 bits per heavy atom. The maximum Gasteiger partial charge on any atom is 0.360 e. The van der Waals surface area contributed by atoms with E-state index in [1.165, 1.54) is 19.8 Å². The van der Waals surface area contributed by atoms with Gasteiger partial charge in [0, 0.05) is 36.9 Å². The third-order valence-corrected chi connectivity index (χ3v) is 6.73. The molecular formula is C19H23N2O4P.